The lowest BCUT2D eigenvalue weighted by atomic mass is 10.5. The minimum absolute atomic E-state index is 0.100. The highest BCUT2D eigenvalue weighted by Crippen LogP contribution is 1.77. The Morgan fingerprint density at radius 2 is 2.33 bits per heavy atom. The largest absolute Gasteiger partial charge is 0.394 e. The van der Waals surface area contributed by atoms with Gasteiger partial charge in [-0.15, -0.1) is 0 Å². The first-order valence-electron chi connectivity index (χ1n) is 3.01. The van der Waals surface area contributed by atoms with Gasteiger partial charge in [0.05, 0.1) is 19.8 Å². The Bertz CT molecular complexity index is 73.5. The monoisotopic (exact) mass is 131 g/mol. The predicted molar refractivity (Wildman–Crippen MR) is 36.9 cm³/mol. The molecule has 0 aromatic carbocycles. The lowest BCUT2D eigenvalue weighted by Gasteiger charge is -1.95. The molecule has 0 aliphatic carbocycles. The molecule has 0 bridgehead atoms. The van der Waals surface area contributed by atoms with Crippen molar-refractivity contribution in [1.29, 1.82) is 0 Å². The van der Waals surface area contributed by atoms with Gasteiger partial charge >= 0.3 is 0 Å². The van der Waals surface area contributed by atoms with Crippen LogP contribution < -0.4 is 0 Å². The standard InChI is InChI=1S/C6H13NO2/c1-7-3-2-5-9-6-4-8/h3,8H,2,4-6H2,1H3/b7-3+. The summed E-state index contributed by atoms with van der Waals surface area (Å²) in [6.45, 7) is 1.18. The van der Waals surface area contributed by atoms with E-state index >= 15 is 0 Å². The van der Waals surface area contributed by atoms with E-state index in [1.54, 1.807) is 13.3 Å². The minimum atomic E-state index is 0.100. The highest BCUT2D eigenvalue weighted by atomic mass is 16.5. The molecule has 9 heavy (non-hydrogen) atoms. The summed E-state index contributed by atoms with van der Waals surface area (Å²) >= 11 is 0. The first-order valence-corrected chi connectivity index (χ1v) is 3.01. The minimum Gasteiger partial charge on any atom is -0.394 e. The third kappa shape index (κ3) is 7.59. The van der Waals surface area contributed by atoms with E-state index in [1.165, 1.54) is 0 Å². The van der Waals surface area contributed by atoms with Crippen LogP contribution in [0, 0.1) is 0 Å². The van der Waals surface area contributed by atoms with Crippen LogP contribution in [0.15, 0.2) is 4.99 Å². The van der Waals surface area contributed by atoms with Gasteiger partial charge in [-0.1, -0.05) is 0 Å². The van der Waals surface area contributed by atoms with Crippen molar-refractivity contribution in [3.05, 3.63) is 0 Å². The molecule has 0 aliphatic heterocycles. The molecule has 0 spiro atoms. The van der Waals surface area contributed by atoms with Crippen molar-refractivity contribution < 1.29 is 9.84 Å². The average Bonchev–Trinajstić information content (AvgIpc) is 1.89. The molecule has 3 heteroatoms. The van der Waals surface area contributed by atoms with Crippen molar-refractivity contribution in [2.45, 2.75) is 6.42 Å². The van der Waals surface area contributed by atoms with Gasteiger partial charge in [0.15, 0.2) is 0 Å². The summed E-state index contributed by atoms with van der Waals surface area (Å²) in [5.41, 5.74) is 0. The Kier molecular flexibility index (Phi) is 7.24. The number of aliphatic hydroxyl groups excluding tert-OH is 1. The van der Waals surface area contributed by atoms with Crippen molar-refractivity contribution in [2.24, 2.45) is 4.99 Å². The van der Waals surface area contributed by atoms with Gasteiger partial charge in [0.2, 0.25) is 0 Å². The van der Waals surface area contributed by atoms with E-state index in [0.29, 0.717) is 13.2 Å². The lowest BCUT2D eigenvalue weighted by molar-refractivity contribution is 0.0975. The second-order valence-corrected chi connectivity index (χ2v) is 1.57. The molecule has 0 saturated carbocycles. The van der Waals surface area contributed by atoms with E-state index in [-0.39, 0.29) is 6.61 Å². The van der Waals surface area contributed by atoms with Gasteiger partial charge in [0.1, 0.15) is 0 Å². The topological polar surface area (TPSA) is 41.8 Å². The zero-order valence-electron chi connectivity index (χ0n) is 5.71. The molecule has 0 unspecified atom stereocenters. The van der Waals surface area contributed by atoms with Crippen molar-refractivity contribution in [3.8, 4) is 0 Å². The average molecular weight is 131 g/mol. The number of nitrogens with zero attached hydrogens (tertiary/aromatic N) is 1. The molecule has 0 amide bonds. The quantitative estimate of drug-likeness (QED) is 0.424. The molecule has 0 aromatic rings. The molecule has 54 valence electrons. The van der Waals surface area contributed by atoms with E-state index in [1.807, 2.05) is 0 Å². The molecule has 0 rings (SSSR count). The number of hydrogen-bond acceptors (Lipinski definition) is 3. The summed E-state index contributed by atoms with van der Waals surface area (Å²) < 4.78 is 4.94. The van der Waals surface area contributed by atoms with Gasteiger partial charge in [-0.25, -0.2) is 0 Å². The predicted octanol–water partition coefficient (Wildman–Crippen LogP) is 0.0860. The number of aliphatic imine (C=N–C) groups is 1. The normalized spacial score (nSPS) is 10.9. The molecule has 0 saturated heterocycles. The Hall–Kier alpha value is -0.410. The van der Waals surface area contributed by atoms with Crippen molar-refractivity contribution in [3.63, 3.8) is 0 Å². The summed E-state index contributed by atoms with van der Waals surface area (Å²) in [4.78, 5) is 3.77. The highest BCUT2D eigenvalue weighted by Gasteiger charge is 1.81. The fourth-order valence-corrected chi connectivity index (χ4v) is 0.432. The number of hydrogen-bond donors (Lipinski definition) is 1. The van der Waals surface area contributed by atoms with Gasteiger partial charge in [-0.05, 0) is 0 Å². The van der Waals surface area contributed by atoms with E-state index in [9.17, 15) is 0 Å². The fourth-order valence-electron chi connectivity index (χ4n) is 0.432. The molecule has 0 aliphatic rings. The third-order valence-corrected chi connectivity index (χ3v) is 0.809. The maximum absolute atomic E-state index is 8.26. The zero-order chi connectivity index (χ0) is 6.95. The summed E-state index contributed by atoms with van der Waals surface area (Å²) in [7, 11) is 1.73. The van der Waals surface area contributed by atoms with Crippen LogP contribution in [0.25, 0.3) is 0 Å². The fraction of sp³-hybridized carbons (Fsp3) is 0.833. The van der Waals surface area contributed by atoms with Crippen LogP contribution in [-0.2, 0) is 4.74 Å². The Morgan fingerprint density at radius 1 is 1.56 bits per heavy atom. The van der Waals surface area contributed by atoms with Gasteiger partial charge in [-0.3, -0.25) is 0 Å². The summed E-state index contributed by atoms with van der Waals surface area (Å²) in [5, 5.41) is 8.26. The molecular formula is C6H13NO2. The van der Waals surface area contributed by atoms with Crippen LogP contribution in [-0.4, -0.2) is 38.2 Å². The smallest absolute Gasteiger partial charge is 0.0697 e. The van der Waals surface area contributed by atoms with Gasteiger partial charge < -0.3 is 14.8 Å². The number of rotatable bonds is 5. The second-order valence-electron chi connectivity index (χ2n) is 1.57. The number of aliphatic hydroxyl groups is 1. The summed E-state index contributed by atoms with van der Waals surface area (Å²) in [6.07, 6.45) is 2.62. The first-order chi connectivity index (χ1) is 4.41. The van der Waals surface area contributed by atoms with Gasteiger partial charge in [-0.2, -0.15) is 0 Å². The van der Waals surface area contributed by atoms with E-state index in [2.05, 4.69) is 4.99 Å². The van der Waals surface area contributed by atoms with Crippen molar-refractivity contribution in [2.75, 3.05) is 26.9 Å². The summed E-state index contributed by atoms with van der Waals surface area (Å²) in [6, 6.07) is 0. The van der Waals surface area contributed by atoms with Crippen molar-refractivity contribution in [1.82, 2.24) is 0 Å². The van der Waals surface area contributed by atoms with E-state index in [4.69, 9.17) is 9.84 Å². The van der Waals surface area contributed by atoms with Gasteiger partial charge in [0.25, 0.3) is 0 Å². The number of ether oxygens (including phenoxy) is 1. The first kappa shape index (κ1) is 8.59. The van der Waals surface area contributed by atoms with Crippen LogP contribution in [0.2, 0.25) is 0 Å². The maximum atomic E-state index is 8.26. The lowest BCUT2D eigenvalue weighted by Crippen LogP contribution is -2.00. The summed E-state index contributed by atoms with van der Waals surface area (Å²) in [5.74, 6) is 0. The van der Waals surface area contributed by atoms with Crippen LogP contribution in [0.3, 0.4) is 0 Å². The SMILES string of the molecule is C/N=C/CCOCCO. The zero-order valence-corrected chi connectivity index (χ0v) is 5.71. The highest BCUT2D eigenvalue weighted by molar-refractivity contribution is 5.56. The van der Waals surface area contributed by atoms with Crippen LogP contribution in [0.1, 0.15) is 6.42 Å². The molecule has 3 nitrogen and oxygen atoms in total. The third-order valence-electron chi connectivity index (χ3n) is 0.809. The molecule has 0 radical (unpaired) electrons. The van der Waals surface area contributed by atoms with E-state index in [0.717, 1.165) is 6.42 Å². The van der Waals surface area contributed by atoms with Crippen molar-refractivity contribution >= 4 is 6.21 Å². The second kappa shape index (κ2) is 7.59. The molecule has 0 aromatic heterocycles. The van der Waals surface area contributed by atoms with Gasteiger partial charge in [0, 0.05) is 19.7 Å². The molecular weight excluding hydrogens is 118 g/mol. The Balaban J connectivity index is 2.75. The Labute approximate surface area is 55.4 Å². The van der Waals surface area contributed by atoms with Crippen LogP contribution in [0.4, 0.5) is 0 Å². The molecule has 1 N–H and O–H groups in total. The molecule has 0 fully saturated rings. The van der Waals surface area contributed by atoms with E-state index < -0.39 is 0 Å². The Morgan fingerprint density at radius 3 is 2.89 bits per heavy atom. The molecule has 0 atom stereocenters. The van der Waals surface area contributed by atoms with Crippen LogP contribution in [0.5, 0.6) is 0 Å². The molecule has 0 heterocycles. The van der Waals surface area contributed by atoms with Crippen LogP contribution >= 0.6 is 0 Å². The maximum Gasteiger partial charge on any atom is 0.0697 e.